The fraction of sp³-hybridized carbons (Fsp3) is 0.750. The van der Waals surface area contributed by atoms with Gasteiger partial charge in [-0.3, -0.25) is 0 Å². The third-order valence-corrected chi connectivity index (χ3v) is 3.25. The first kappa shape index (κ1) is 11.6. The number of oxazole rings is 1. The second kappa shape index (κ2) is 5.46. The van der Waals surface area contributed by atoms with Gasteiger partial charge in [-0.25, -0.2) is 4.98 Å². The molecule has 16 heavy (non-hydrogen) atoms. The number of aryl methyl sites for hydroxylation is 1. The largest absolute Gasteiger partial charge is 0.445 e. The Kier molecular flexibility index (Phi) is 3.96. The van der Waals surface area contributed by atoms with E-state index in [2.05, 4.69) is 22.1 Å². The molecular formula is C12H21N3O. The Morgan fingerprint density at radius 1 is 1.50 bits per heavy atom. The maximum Gasteiger partial charge on any atom is 0.208 e. The molecule has 1 fully saturated rings. The van der Waals surface area contributed by atoms with E-state index in [1.54, 1.807) is 6.20 Å². The predicted molar refractivity (Wildman–Crippen MR) is 63.2 cm³/mol. The highest BCUT2D eigenvalue weighted by Crippen LogP contribution is 2.10. The number of nitrogens with one attached hydrogen (secondary N) is 1. The Labute approximate surface area is 97.0 Å². The monoisotopic (exact) mass is 223 g/mol. The fourth-order valence-corrected chi connectivity index (χ4v) is 2.17. The minimum Gasteiger partial charge on any atom is -0.445 e. The van der Waals surface area contributed by atoms with E-state index < -0.39 is 0 Å². The summed E-state index contributed by atoms with van der Waals surface area (Å²) in [7, 11) is 0. The summed E-state index contributed by atoms with van der Waals surface area (Å²) in [6, 6.07) is 0.620. The van der Waals surface area contributed by atoms with Crippen molar-refractivity contribution in [2.75, 3.05) is 19.6 Å². The van der Waals surface area contributed by atoms with E-state index in [1.807, 2.05) is 6.92 Å². The number of likely N-dealkylation sites (tertiary alicyclic amines) is 1. The van der Waals surface area contributed by atoms with Crippen LogP contribution >= 0.6 is 0 Å². The smallest absolute Gasteiger partial charge is 0.208 e. The molecule has 1 aliphatic rings. The maximum atomic E-state index is 5.43. The van der Waals surface area contributed by atoms with Crippen LogP contribution in [0.2, 0.25) is 0 Å². The molecule has 1 saturated heterocycles. The van der Waals surface area contributed by atoms with E-state index >= 15 is 0 Å². The SMILES string of the molecule is CCN1CCC(NCc2ncc(C)o2)CC1. The summed E-state index contributed by atoms with van der Waals surface area (Å²) in [4.78, 5) is 6.69. The third-order valence-electron chi connectivity index (χ3n) is 3.25. The van der Waals surface area contributed by atoms with Gasteiger partial charge in [-0.15, -0.1) is 0 Å². The Hall–Kier alpha value is -0.870. The van der Waals surface area contributed by atoms with Crippen molar-refractivity contribution in [3.63, 3.8) is 0 Å². The molecule has 1 aromatic rings. The zero-order valence-electron chi connectivity index (χ0n) is 10.2. The van der Waals surface area contributed by atoms with E-state index in [9.17, 15) is 0 Å². The van der Waals surface area contributed by atoms with Crippen LogP contribution in [0.5, 0.6) is 0 Å². The highest BCUT2D eigenvalue weighted by molar-refractivity contribution is 4.91. The lowest BCUT2D eigenvalue weighted by Crippen LogP contribution is -2.42. The van der Waals surface area contributed by atoms with Crippen LogP contribution < -0.4 is 5.32 Å². The minimum atomic E-state index is 0.620. The normalized spacial score (nSPS) is 19.1. The number of rotatable bonds is 4. The summed E-state index contributed by atoms with van der Waals surface area (Å²) in [6.45, 7) is 8.49. The molecule has 0 aromatic carbocycles. The molecule has 0 spiro atoms. The fourth-order valence-electron chi connectivity index (χ4n) is 2.17. The standard InChI is InChI=1S/C12H21N3O/c1-3-15-6-4-11(5-7-15)13-9-12-14-8-10(2)16-12/h8,11,13H,3-7,9H2,1-2H3. The van der Waals surface area contributed by atoms with Gasteiger partial charge in [0.25, 0.3) is 0 Å². The van der Waals surface area contributed by atoms with Gasteiger partial charge in [-0.05, 0) is 39.4 Å². The molecule has 4 heteroatoms. The third kappa shape index (κ3) is 3.06. The lowest BCUT2D eigenvalue weighted by atomic mass is 10.1. The van der Waals surface area contributed by atoms with E-state index in [0.717, 1.165) is 18.2 Å². The van der Waals surface area contributed by atoms with Crippen LogP contribution in [-0.4, -0.2) is 35.6 Å². The summed E-state index contributed by atoms with van der Waals surface area (Å²) >= 11 is 0. The highest BCUT2D eigenvalue weighted by atomic mass is 16.4. The van der Waals surface area contributed by atoms with Crippen molar-refractivity contribution in [2.45, 2.75) is 39.3 Å². The average molecular weight is 223 g/mol. The van der Waals surface area contributed by atoms with E-state index in [1.165, 1.54) is 32.5 Å². The van der Waals surface area contributed by atoms with Gasteiger partial charge < -0.3 is 14.6 Å². The van der Waals surface area contributed by atoms with Crippen LogP contribution in [0.3, 0.4) is 0 Å². The Morgan fingerprint density at radius 3 is 2.81 bits per heavy atom. The van der Waals surface area contributed by atoms with Gasteiger partial charge in [0.1, 0.15) is 5.76 Å². The van der Waals surface area contributed by atoms with Crippen molar-refractivity contribution in [3.8, 4) is 0 Å². The number of piperidine rings is 1. The second-order valence-electron chi connectivity index (χ2n) is 4.45. The van der Waals surface area contributed by atoms with Crippen molar-refractivity contribution in [1.29, 1.82) is 0 Å². The van der Waals surface area contributed by atoms with Gasteiger partial charge in [0.2, 0.25) is 5.89 Å². The van der Waals surface area contributed by atoms with Crippen LogP contribution in [0.4, 0.5) is 0 Å². The summed E-state index contributed by atoms with van der Waals surface area (Å²) in [6.07, 6.45) is 4.23. The summed E-state index contributed by atoms with van der Waals surface area (Å²) in [5.41, 5.74) is 0. The second-order valence-corrected chi connectivity index (χ2v) is 4.45. The van der Waals surface area contributed by atoms with E-state index in [4.69, 9.17) is 4.42 Å². The number of hydrogen-bond donors (Lipinski definition) is 1. The van der Waals surface area contributed by atoms with Crippen molar-refractivity contribution in [2.24, 2.45) is 0 Å². The highest BCUT2D eigenvalue weighted by Gasteiger charge is 2.17. The van der Waals surface area contributed by atoms with Gasteiger partial charge in [0, 0.05) is 6.04 Å². The Bertz CT molecular complexity index is 316. The molecule has 1 N–H and O–H groups in total. The van der Waals surface area contributed by atoms with E-state index in [0.29, 0.717) is 6.04 Å². The molecule has 0 bridgehead atoms. The molecule has 4 nitrogen and oxygen atoms in total. The zero-order chi connectivity index (χ0) is 11.4. The molecule has 0 amide bonds. The van der Waals surface area contributed by atoms with Crippen molar-refractivity contribution < 1.29 is 4.42 Å². The van der Waals surface area contributed by atoms with Gasteiger partial charge in [-0.1, -0.05) is 6.92 Å². The summed E-state index contributed by atoms with van der Waals surface area (Å²) < 4.78 is 5.43. The van der Waals surface area contributed by atoms with Crippen LogP contribution in [0.1, 0.15) is 31.4 Å². The molecule has 1 aromatic heterocycles. The van der Waals surface area contributed by atoms with Crippen LogP contribution in [0.25, 0.3) is 0 Å². The first-order valence-electron chi connectivity index (χ1n) is 6.15. The molecule has 1 aliphatic heterocycles. The van der Waals surface area contributed by atoms with Gasteiger partial charge in [0.15, 0.2) is 0 Å². The van der Waals surface area contributed by atoms with Crippen molar-refractivity contribution >= 4 is 0 Å². The average Bonchev–Trinajstić information content (AvgIpc) is 2.73. The molecule has 2 rings (SSSR count). The predicted octanol–water partition coefficient (Wildman–Crippen LogP) is 1.56. The molecular weight excluding hydrogens is 202 g/mol. The summed E-state index contributed by atoms with van der Waals surface area (Å²) in [5, 5.41) is 3.51. The van der Waals surface area contributed by atoms with Crippen LogP contribution in [-0.2, 0) is 6.54 Å². The van der Waals surface area contributed by atoms with Crippen molar-refractivity contribution in [1.82, 2.24) is 15.2 Å². The lowest BCUT2D eigenvalue weighted by Gasteiger charge is -2.31. The zero-order valence-corrected chi connectivity index (χ0v) is 10.2. The van der Waals surface area contributed by atoms with Gasteiger partial charge >= 0.3 is 0 Å². The van der Waals surface area contributed by atoms with Crippen LogP contribution in [0.15, 0.2) is 10.6 Å². The van der Waals surface area contributed by atoms with E-state index in [-0.39, 0.29) is 0 Å². The minimum absolute atomic E-state index is 0.620. The molecule has 0 unspecified atom stereocenters. The molecule has 2 heterocycles. The number of aromatic nitrogens is 1. The molecule has 0 radical (unpaired) electrons. The first-order valence-corrected chi connectivity index (χ1v) is 6.15. The number of hydrogen-bond acceptors (Lipinski definition) is 4. The lowest BCUT2D eigenvalue weighted by molar-refractivity contribution is 0.203. The van der Waals surface area contributed by atoms with Crippen molar-refractivity contribution in [3.05, 3.63) is 17.8 Å². The van der Waals surface area contributed by atoms with Crippen LogP contribution in [0, 0.1) is 6.92 Å². The molecule has 90 valence electrons. The molecule has 0 aliphatic carbocycles. The quantitative estimate of drug-likeness (QED) is 0.841. The van der Waals surface area contributed by atoms with Gasteiger partial charge in [0.05, 0.1) is 12.7 Å². The Morgan fingerprint density at radius 2 is 2.25 bits per heavy atom. The topological polar surface area (TPSA) is 41.3 Å². The number of nitrogens with zero attached hydrogens (tertiary/aromatic N) is 2. The van der Waals surface area contributed by atoms with Gasteiger partial charge in [-0.2, -0.15) is 0 Å². The Balaban J connectivity index is 1.71. The summed E-state index contributed by atoms with van der Waals surface area (Å²) in [5.74, 6) is 1.69. The molecule has 0 atom stereocenters. The maximum absolute atomic E-state index is 5.43. The first-order chi connectivity index (χ1) is 7.78. The molecule has 0 saturated carbocycles.